The summed E-state index contributed by atoms with van der Waals surface area (Å²) < 4.78 is 5.48. The summed E-state index contributed by atoms with van der Waals surface area (Å²) in [5, 5.41) is 5.49. The van der Waals surface area contributed by atoms with E-state index in [4.69, 9.17) is 4.74 Å². The second-order valence-electron chi connectivity index (χ2n) is 6.75. The first-order chi connectivity index (χ1) is 12.8. The maximum absolute atomic E-state index is 12.4. The molecule has 0 aromatic heterocycles. The van der Waals surface area contributed by atoms with E-state index in [1.165, 1.54) is 0 Å². The Labute approximate surface area is 157 Å². The standard InChI is InChI=1S/C21H22N2O4/c1-12-4-5-13(2)16(10-12)18(24)7-9-20(25)22-15-6-8-19-17(11-15)23-21(26)14(3)27-19/h4-6,8,10-11,14H,7,9H2,1-3H3,(H,22,25)(H,23,26). The molecule has 1 unspecified atom stereocenters. The number of carbonyl (C=O) groups is 3. The van der Waals surface area contributed by atoms with Crippen molar-refractivity contribution in [3.63, 3.8) is 0 Å². The summed E-state index contributed by atoms with van der Waals surface area (Å²) in [6.45, 7) is 5.49. The summed E-state index contributed by atoms with van der Waals surface area (Å²) in [4.78, 5) is 36.3. The van der Waals surface area contributed by atoms with E-state index in [-0.39, 0.29) is 30.4 Å². The van der Waals surface area contributed by atoms with Gasteiger partial charge >= 0.3 is 0 Å². The number of aryl methyl sites for hydroxylation is 2. The molecular weight excluding hydrogens is 344 g/mol. The maximum Gasteiger partial charge on any atom is 0.265 e. The van der Waals surface area contributed by atoms with Gasteiger partial charge in [-0.15, -0.1) is 0 Å². The Bertz CT molecular complexity index is 920. The number of ketones is 1. The Morgan fingerprint density at radius 2 is 1.89 bits per heavy atom. The number of hydrogen-bond donors (Lipinski definition) is 2. The van der Waals surface area contributed by atoms with Crippen molar-refractivity contribution >= 4 is 29.0 Å². The van der Waals surface area contributed by atoms with Gasteiger partial charge in [-0.1, -0.05) is 17.7 Å². The Hall–Kier alpha value is -3.15. The predicted octanol–water partition coefficient (Wildman–Crippen LogP) is 3.62. The van der Waals surface area contributed by atoms with Crippen LogP contribution in [0.2, 0.25) is 0 Å². The monoisotopic (exact) mass is 366 g/mol. The summed E-state index contributed by atoms with van der Waals surface area (Å²) in [7, 11) is 0. The zero-order chi connectivity index (χ0) is 19.6. The molecule has 0 spiro atoms. The van der Waals surface area contributed by atoms with Crippen molar-refractivity contribution in [2.45, 2.75) is 39.7 Å². The summed E-state index contributed by atoms with van der Waals surface area (Å²) in [6.07, 6.45) is -0.323. The highest BCUT2D eigenvalue weighted by Crippen LogP contribution is 2.32. The third kappa shape index (κ3) is 4.34. The lowest BCUT2D eigenvalue weighted by Crippen LogP contribution is -2.34. The van der Waals surface area contributed by atoms with Crippen LogP contribution in [0, 0.1) is 13.8 Å². The Kier molecular flexibility index (Phi) is 5.26. The van der Waals surface area contributed by atoms with E-state index in [0.29, 0.717) is 22.7 Å². The van der Waals surface area contributed by atoms with Gasteiger partial charge in [-0.3, -0.25) is 14.4 Å². The Morgan fingerprint density at radius 3 is 2.67 bits per heavy atom. The molecular formula is C21H22N2O4. The van der Waals surface area contributed by atoms with Gasteiger partial charge in [0.2, 0.25) is 5.91 Å². The first-order valence-electron chi connectivity index (χ1n) is 8.85. The number of benzene rings is 2. The molecule has 2 amide bonds. The summed E-state index contributed by atoms with van der Waals surface area (Å²) in [6, 6.07) is 10.8. The van der Waals surface area contributed by atoms with Crippen LogP contribution in [-0.2, 0) is 9.59 Å². The lowest BCUT2D eigenvalue weighted by molar-refractivity contribution is -0.122. The molecule has 0 saturated carbocycles. The lowest BCUT2D eigenvalue weighted by Gasteiger charge is -2.23. The van der Waals surface area contributed by atoms with Crippen LogP contribution in [0.3, 0.4) is 0 Å². The van der Waals surface area contributed by atoms with Gasteiger partial charge < -0.3 is 15.4 Å². The number of ether oxygens (including phenoxy) is 1. The topological polar surface area (TPSA) is 84.5 Å². The fourth-order valence-electron chi connectivity index (χ4n) is 2.91. The van der Waals surface area contributed by atoms with Crippen LogP contribution in [0.15, 0.2) is 36.4 Å². The molecule has 140 valence electrons. The highest BCUT2D eigenvalue weighted by Gasteiger charge is 2.23. The average Bonchev–Trinajstić information content (AvgIpc) is 2.63. The number of rotatable bonds is 5. The van der Waals surface area contributed by atoms with Gasteiger partial charge in [0.05, 0.1) is 5.69 Å². The molecule has 2 aromatic rings. The maximum atomic E-state index is 12.4. The van der Waals surface area contributed by atoms with Gasteiger partial charge in [-0.25, -0.2) is 0 Å². The molecule has 1 heterocycles. The molecule has 2 N–H and O–H groups in total. The van der Waals surface area contributed by atoms with Crippen LogP contribution < -0.4 is 15.4 Å². The van der Waals surface area contributed by atoms with Crippen LogP contribution in [0.1, 0.15) is 41.3 Å². The third-order valence-electron chi connectivity index (χ3n) is 4.47. The molecule has 3 rings (SSSR count). The molecule has 1 atom stereocenters. The van der Waals surface area contributed by atoms with Gasteiger partial charge in [0.1, 0.15) is 5.75 Å². The molecule has 1 aliphatic rings. The van der Waals surface area contributed by atoms with Crippen LogP contribution in [-0.4, -0.2) is 23.7 Å². The molecule has 27 heavy (non-hydrogen) atoms. The van der Waals surface area contributed by atoms with Crippen molar-refractivity contribution in [1.29, 1.82) is 0 Å². The first-order valence-corrected chi connectivity index (χ1v) is 8.85. The molecule has 0 aliphatic carbocycles. The summed E-state index contributed by atoms with van der Waals surface area (Å²) in [5.41, 5.74) is 3.64. The quantitative estimate of drug-likeness (QED) is 0.792. The molecule has 2 aromatic carbocycles. The van der Waals surface area contributed by atoms with Crippen molar-refractivity contribution in [1.82, 2.24) is 0 Å². The van der Waals surface area contributed by atoms with E-state index in [0.717, 1.165) is 11.1 Å². The van der Waals surface area contributed by atoms with Crippen molar-refractivity contribution in [3.05, 3.63) is 53.1 Å². The van der Waals surface area contributed by atoms with E-state index >= 15 is 0 Å². The number of carbonyl (C=O) groups excluding carboxylic acids is 3. The highest BCUT2D eigenvalue weighted by atomic mass is 16.5. The summed E-state index contributed by atoms with van der Waals surface area (Å²) >= 11 is 0. The molecule has 6 heteroatoms. The molecule has 0 saturated heterocycles. The van der Waals surface area contributed by atoms with Gasteiger partial charge in [0, 0.05) is 24.1 Å². The third-order valence-corrected chi connectivity index (χ3v) is 4.47. The molecule has 0 bridgehead atoms. The lowest BCUT2D eigenvalue weighted by atomic mass is 9.99. The van der Waals surface area contributed by atoms with Gasteiger partial charge in [0.15, 0.2) is 11.9 Å². The fraction of sp³-hybridized carbons (Fsp3) is 0.286. The highest BCUT2D eigenvalue weighted by molar-refractivity contribution is 6.02. The Balaban J connectivity index is 1.60. The SMILES string of the molecule is Cc1ccc(C)c(C(=O)CCC(=O)Nc2ccc3c(c2)NC(=O)C(C)O3)c1. The van der Waals surface area contributed by atoms with Crippen LogP contribution in [0.4, 0.5) is 11.4 Å². The normalized spacial score (nSPS) is 15.4. The van der Waals surface area contributed by atoms with Crippen LogP contribution >= 0.6 is 0 Å². The van der Waals surface area contributed by atoms with Crippen molar-refractivity contribution in [3.8, 4) is 5.75 Å². The van der Waals surface area contributed by atoms with E-state index in [9.17, 15) is 14.4 Å². The van der Waals surface area contributed by atoms with E-state index in [2.05, 4.69) is 10.6 Å². The Morgan fingerprint density at radius 1 is 1.11 bits per heavy atom. The van der Waals surface area contributed by atoms with Crippen molar-refractivity contribution < 1.29 is 19.1 Å². The predicted molar refractivity (Wildman–Crippen MR) is 103 cm³/mol. The number of fused-ring (bicyclic) bond motifs is 1. The molecule has 6 nitrogen and oxygen atoms in total. The van der Waals surface area contributed by atoms with Gasteiger partial charge in [-0.05, 0) is 50.6 Å². The fourth-order valence-corrected chi connectivity index (χ4v) is 2.91. The zero-order valence-corrected chi connectivity index (χ0v) is 15.6. The largest absolute Gasteiger partial charge is 0.479 e. The summed E-state index contributed by atoms with van der Waals surface area (Å²) in [5.74, 6) is 0.0202. The van der Waals surface area contributed by atoms with Gasteiger partial charge in [0.25, 0.3) is 5.91 Å². The first kappa shape index (κ1) is 18.6. The average molecular weight is 366 g/mol. The second-order valence-corrected chi connectivity index (χ2v) is 6.75. The number of anilines is 2. The van der Waals surface area contributed by atoms with Crippen LogP contribution in [0.25, 0.3) is 0 Å². The van der Waals surface area contributed by atoms with E-state index < -0.39 is 6.10 Å². The van der Waals surface area contributed by atoms with Gasteiger partial charge in [-0.2, -0.15) is 0 Å². The second kappa shape index (κ2) is 7.61. The number of nitrogens with one attached hydrogen (secondary N) is 2. The number of Topliss-reactive ketones (excluding diaryl/α,β-unsaturated/α-hetero) is 1. The number of hydrogen-bond acceptors (Lipinski definition) is 4. The molecule has 0 radical (unpaired) electrons. The van der Waals surface area contributed by atoms with E-state index in [1.54, 1.807) is 25.1 Å². The zero-order valence-electron chi connectivity index (χ0n) is 15.6. The minimum absolute atomic E-state index is 0.0496. The number of amides is 2. The van der Waals surface area contributed by atoms with Crippen molar-refractivity contribution in [2.75, 3.05) is 10.6 Å². The van der Waals surface area contributed by atoms with Crippen molar-refractivity contribution in [2.24, 2.45) is 0 Å². The smallest absolute Gasteiger partial charge is 0.265 e. The minimum Gasteiger partial charge on any atom is -0.479 e. The van der Waals surface area contributed by atoms with Crippen LogP contribution in [0.5, 0.6) is 5.75 Å². The van der Waals surface area contributed by atoms with E-state index in [1.807, 2.05) is 32.0 Å². The molecule has 0 fully saturated rings. The molecule has 1 aliphatic heterocycles. The minimum atomic E-state index is -0.547.